The summed E-state index contributed by atoms with van der Waals surface area (Å²) in [6, 6.07) is 8.68. The average Bonchev–Trinajstić information content (AvgIpc) is 2.43. The van der Waals surface area contributed by atoms with Crippen LogP contribution in [0.5, 0.6) is 5.75 Å². The molecule has 2 rings (SSSR count). The molecular formula is C15H14Cl3NO. The summed E-state index contributed by atoms with van der Waals surface area (Å²) in [5.74, 6) is 0.528. The highest BCUT2D eigenvalue weighted by Gasteiger charge is 2.16. The lowest BCUT2D eigenvalue weighted by Gasteiger charge is -2.17. The normalized spacial score (nSPS) is 12.3. The van der Waals surface area contributed by atoms with Gasteiger partial charge in [-0.1, -0.05) is 46.9 Å². The van der Waals surface area contributed by atoms with Gasteiger partial charge in [0.25, 0.3) is 0 Å². The number of nitrogens with two attached hydrogens (primary N) is 1. The second kappa shape index (κ2) is 6.23. The lowest BCUT2D eigenvalue weighted by Crippen LogP contribution is -2.12. The molecule has 2 nitrogen and oxygen atoms in total. The molecular weight excluding hydrogens is 317 g/mol. The number of ether oxygens (including phenoxy) is 1. The first-order valence-corrected chi connectivity index (χ1v) is 7.12. The van der Waals surface area contributed by atoms with Crippen molar-refractivity contribution in [2.45, 2.75) is 13.0 Å². The maximum absolute atomic E-state index is 6.27. The fraction of sp³-hybridized carbons (Fsp3) is 0.200. The Morgan fingerprint density at radius 1 is 1.00 bits per heavy atom. The van der Waals surface area contributed by atoms with Crippen LogP contribution < -0.4 is 10.5 Å². The van der Waals surface area contributed by atoms with Crippen LogP contribution in [0, 0.1) is 6.92 Å². The van der Waals surface area contributed by atoms with E-state index in [1.54, 1.807) is 19.2 Å². The van der Waals surface area contributed by atoms with Crippen LogP contribution in [0.4, 0.5) is 0 Å². The summed E-state index contributed by atoms with van der Waals surface area (Å²) in [4.78, 5) is 0. The number of rotatable bonds is 3. The zero-order valence-electron chi connectivity index (χ0n) is 11.1. The highest BCUT2D eigenvalue weighted by molar-refractivity contribution is 6.34. The number of aryl methyl sites for hydroxylation is 1. The fourth-order valence-corrected chi connectivity index (χ4v) is 2.62. The maximum atomic E-state index is 6.27. The van der Waals surface area contributed by atoms with E-state index in [4.69, 9.17) is 45.3 Å². The van der Waals surface area contributed by atoms with Gasteiger partial charge in [0.05, 0.1) is 18.2 Å². The van der Waals surface area contributed by atoms with Crippen LogP contribution in [0.25, 0.3) is 0 Å². The Morgan fingerprint density at radius 3 is 2.30 bits per heavy atom. The van der Waals surface area contributed by atoms with Crippen molar-refractivity contribution in [3.63, 3.8) is 0 Å². The zero-order chi connectivity index (χ0) is 14.9. The predicted octanol–water partition coefficient (Wildman–Crippen LogP) is 5.01. The SMILES string of the molecule is COc1cc(Cl)c(C(N)c2ccc(Cl)c(C)c2)cc1Cl. The molecule has 0 spiro atoms. The minimum Gasteiger partial charge on any atom is -0.495 e. The van der Waals surface area contributed by atoms with E-state index in [0.717, 1.165) is 16.7 Å². The fourth-order valence-electron chi connectivity index (χ4n) is 1.98. The van der Waals surface area contributed by atoms with Crippen LogP contribution in [0.15, 0.2) is 30.3 Å². The molecule has 2 aromatic carbocycles. The van der Waals surface area contributed by atoms with E-state index in [9.17, 15) is 0 Å². The van der Waals surface area contributed by atoms with Crippen molar-refractivity contribution in [3.8, 4) is 5.75 Å². The Kier molecular flexibility index (Phi) is 4.82. The van der Waals surface area contributed by atoms with Crippen LogP contribution in [0.2, 0.25) is 15.1 Å². The molecule has 0 amide bonds. The van der Waals surface area contributed by atoms with Crippen molar-refractivity contribution in [1.29, 1.82) is 0 Å². The van der Waals surface area contributed by atoms with Gasteiger partial charge in [0, 0.05) is 16.1 Å². The number of hydrogen-bond donors (Lipinski definition) is 1. The minimum atomic E-state index is -0.373. The van der Waals surface area contributed by atoms with E-state index in [1.165, 1.54) is 0 Å². The van der Waals surface area contributed by atoms with Crippen LogP contribution in [0.3, 0.4) is 0 Å². The molecule has 1 atom stereocenters. The van der Waals surface area contributed by atoms with Gasteiger partial charge in [0.2, 0.25) is 0 Å². The molecule has 0 radical (unpaired) electrons. The molecule has 2 N–H and O–H groups in total. The molecule has 0 fully saturated rings. The highest BCUT2D eigenvalue weighted by atomic mass is 35.5. The Labute approximate surface area is 133 Å². The number of benzene rings is 2. The highest BCUT2D eigenvalue weighted by Crippen LogP contribution is 2.35. The monoisotopic (exact) mass is 329 g/mol. The van der Waals surface area contributed by atoms with Crippen molar-refractivity contribution < 1.29 is 4.74 Å². The number of halogens is 3. The molecule has 0 aliphatic carbocycles. The van der Waals surface area contributed by atoms with Crippen LogP contribution in [-0.2, 0) is 0 Å². The summed E-state index contributed by atoms with van der Waals surface area (Å²) >= 11 is 18.4. The zero-order valence-corrected chi connectivity index (χ0v) is 13.4. The maximum Gasteiger partial charge on any atom is 0.138 e. The van der Waals surface area contributed by atoms with Gasteiger partial charge in [0.15, 0.2) is 0 Å². The summed E-state index contributed by atoms with van der Waals surface area (Å²) in [5, 5.41) is 1.71. The quantitative estimate of drug-likeness (QED) is 0.858. The number of hydrogen-bond acceptors (Lipinski definition) is 2. The Hall–Kier alpha value is -0.930. The molecule has 0 aliphatic heterocycles. The first kappa shape index (κ1) is 15.5. The molecule has 5 heteroatoms. The van der Waals surface area contributed by atoms with E-state index >= 15 is 0 Å². The smallest absolute Gasteiger partial charge is 0.138 e. The van der Waals surface area contributed by atoms with E-state index in [2.05, 4.69) is 0 Å². The predicted molar refractivity (Wildman–Crippen MR) is 85.2 cm³/mol. The van der Waals surface area contributed by atoms with Crippen molar-refractivity contribution in [1.82, 2.24) is 0 Å². The molecule has 0 aliphatic rings. The molecule has 20 heavy (non-hydrogen) atoms. The number of methoxy groups -OCH3 is 1. The lowest BCUT2D eigenvalue weighted by molar-refractivity contribution is 0.415. The van der Waals surface area contributed by atoms with Gasteiger partial charge in [-0.15, -0.1) is 0 Å². The van der Waals surface area contributed by atoms with Crippen LogP contribution >= 0.6 is 34.8 Å². The molecule has 0 aromatic heterocycles. The summed E-state index contributed by atoms with van der Waals surface area (Å²) in [7, 11) is 1.54. The van der Waals surface area contributed by atoms with E-state index < -0.39 is 0 Å². The second-order valence-electron chi connectivity index (χ2n) is 4.49. The first-order chi connectivity index (χ1) is 9.43. The molecule has 2 aromatic rings. The molecule has 0 heterocycles. The third kappa shape index (κ3) is 3.04. The van der Waals surface area contributed by atoms with Crippen molar-refractivity contribution in [2.24, 2.45) is 5.73 Å². The Balaban J connectivity index is 2.45. The van der Waals surface area contributed by atoms with Gasteiger partial charge in [-0.05, 0) is 35.7 Å². The van der Waals surface area contributed by atoms with Crippen LogP contribution in [0.1, 0.15) is 22.7 Å². The Morgan fingerprint density at radius 2 is 1.70 bits per heavy atom. The second-order valence-corrected chi connectivity index (χ2v) is 5.72. The van der Waals surface area contributed by atoms with Crippen molar-refractivity contribution >= 4 is 34.8 Å². The largest absolute Gasteiger partial charge is 0.495 e. The molecule has 106 valence electrons. The lowest BCUT2D eigenvalue weighted by atomic mass is 9.98. The van der Waals surface area contributed by atoms with Crippen molar-refractivity contribution in [3.05, 3.63) is 62.1 Å². The minimum absolute atomic E-state index is 0.373. The average molecular weight is 331 g/mol. The Bertz CT molecular complexity index is 643. The van der Waals surface area contributed by atoms with E-state index in [0.29, 0.717) is 20.8 Å². The van der Waals surface area contributed by atoms with Gasteiger partial charge in [0.1, 0.15) is 5.75 Å². The van der Waals surface area contributed by atoms with E-state index in [-0.39, 0.29) is 6.04 Å². The molecule has 0 saturated heterocycles. The van der Waals surface area contributed by atoms with Gasteiger partial charge in [-0.25, -0.2) is 0 Å². The summed E-state index contributed by atoms with van der Waals surface area (Å²) in [5.41, 5.74) is 8.91. The van der Waals surface area contributed by atoms with Gasteiger partial charge in [-0.2, -0.15) is 0 Å². The summed E-state index contributed by atoms with van der Waals surface area (Å²) in [6.45, 7) is 1.93. The van der Waals surface area contributed by atoms with Crippen LogP contribution in [-0.4, -0.2) is 7.11 Å². The topological polar surface area (TPSA) is 35.2 Å². The molecule has 0 saturated carbocycles. The first-order valence-electron chi connectivity index (χ1n) is 5.98. The van der Waals surface area contributed by atoms with E-state index in [1.807, 2.05) is 25.1 Å². The van der Waals surface area contributed by atoms with Gasteiger partial charge < -0.3 is 10.5 Å². The van der Waals surface area contributed by atoms with Crippen molar-refractivity contribution in [2.75, 3.05) is 7.11 Å². The summed E-state index contributed by atoms with van der Waals surface area (Å²) in [6.07, 6.45) is 0. The third-order valence-electron chi connectivity index (χ3n) is 3.15. The van der Waals surface area contributed by atoms with Gasteiger partial charge in [-0.3, -0.25) is 0 Å². The third-order valence-corrected chi connectivity index (χ3v) is 4.19. The van der Waals surface area contributed by atoms with Gasteiger partial charge >= 0.3 is 0 Å². The standard InChI is InChI=1S/C15H14Cl3NO/c1-8-5-9(3-4-11(8)16)15(19)10-6-13(18)14(20-2)7-12(10)17/h3-7,15H,19H2,1-2H3. The summed E-state index contributed by atoms with van der Waals surface area (Å²) < 4.78 is 5.13. The molecule has 1 unspecified atom stereocenters. The molecule has 0 bridgehead atoms.